The van der Waals surface area contributed by atoms with E-state index in [1.165, 1.54) is 11.1 Å². The van der Waals surface area contributed by atoms with Crippen LogP contribution in [0.25, 0.3) is 0 Å². The van der Waals surface area contributed by atoms with Crippen molar-refractivity contribution in [3.8, 4) is 0 Å². The van der Waals surface area contributed by atoms with Crippen molar-refractivity contribution in [1.29, 1.82) is 0 Å². The van der Waals surface area contributed by atoms with Crippen LogP contribution in [0.15, 0.2) is 34.4 Å². The van der Waals surface area contributed by atoms with Gasteiger partial charge in [-0.2, -0.15) is 0 Å². The summed E-state index contributed by atoms with van der Waals surface area (Å²) < 4.78 is 5.91. The van der Waals surface area contributed by atoms with Crippen LogP contribution >= 0.6 is 0 Å². The molecule has 0 unspecified atom stereocenters. The van der Waals surface area contributed by atoms with Crippen molar-refractivity contribution in [1.82, 2.24) is 5.32 Å². The van der Waals surface area contributed by atoms with E-state index in [1.807, 2.05) is 6.92 Å². The average molecular weight is 362 g/mol. The highest BCUT2D eigenvalue weighted by molar-refractivity contribution is 5.98. The summed E-state index contributed by atoms with van der Waals surface area (Å²) in [5.74, 6) is 0.417. The third-order valence-corrected chi connectivity index (χ3v) is 5.60. The Hall–Kier alpha value is -1.39. The van der Waals surface area contributed by atoms with Gasteiger partial charge in [0.1, 0.15) is 6.23 Å². The van der Waals surface area contributed by atoms with Crippen LogP contribution < -0.4 is 5.32 Å². The Morgan fingerprint density at radius 3 is 2.85 bits per heavy atom. The highest BCUT2D eigenvalue weighted by Gasteiger charge is 2.40. The maximum Gasteiger partial charge on any atom is 0.252 e. The highest BCUT2D eigenvalue weighted by atomic mass is 16.5. The summed E-state index contributed by atoms with van der Waals surface area (Å²) in [6.45, 7) is 11.1. The second kappa shape index (κ2) is 9.52. The minimum Gasteiger partial charge on any atom is -0.373 e. The van der Waals surface area contributed by atoms with Crippen molar-refractivity contribution in [2.45, 2.75) is 79.1 Å². The quantitative estimate of drug-likeness (QED) is 0.695. The third kappa shape index (κ3) is 5.08. The van der Waals surface area contributed by atoms with E-state index >= 15 is 0 Å². The largest absolute Gasteiger partial charge is 0.373 e. The zero-order valence-electron chi connectivity index (χ0n) is 17.0. The molecule has 1 amide bonds. The van der Waals surface area contributed by atoms with Crippen LogP contribution in [0.1, 0.15) is 66.7 Å². The van der Waals surface area contributed by atoms with Gasteiger partial charge in [-0.25, -0.2) is 0 Å². The van der Waals surface area contributed by atoms with Gasteiger partial charge in [0.15, 0.2) is 0 Å². The molecule has 0 aromatic carbocycles. The summed E-state index contributed by atoms with van der Waals surface area (Å²) in [5.41, 5.74) is 4.22. The summed E-state index contributed by atoms with van der Waals surface area (Å²) in [7, 11) is 0. The lowest BCUT2D eigenvalue weighted by Crippen LogP contribution is -2.31. The molecule has 0 bridgehead atoms. The molecule has 0 radical (unpaired) electrons. The molecule has 4 heteroatoms. The molecule has 2 aliphatic rings. The van der Waals surface area contributed by atoms with Crippen LogP contribution in [-0.4, -0.2) is 30.0 Å². The van der Waals surface area contributed by atoms with E-state index < -0.39 is 6.23 Å². The summed E-state index contributed by atoms with van der Waals surface area (Å²) in [5, 5.41) is 13.3. The molecular formula is C22H35NO3. The molecule has 26 heavy (non-hydrogen) atoms. The minimum atomic E-state index is -0.880. The molecule has 146 valence electrons. The maximum atomic E-state index is 12.6. The van der Waals surface area contributed by atoms with Gasteiger partial charge in [-0.05, 0) is 77.2 Å². The molecule has 1 aliphatic heterocycles. The fourth-order valence-corrected chi connectivity index (χ4v) is 4.14. The van der Waals surface area contributed by atoms with E-state index in [0.717, 1.165) is 31.3 Å². The number of hydrogen-bond acceptors (Lipinski definition) is 3. The Labute approximate surface area is 158 Å². The average Bonchev–Trinajstić information content (AvgIpc) is 2.88. The number of aliphatic hydroxyl groups excluding tert-OH is 1. The van der Waals surface area contributed by atoms with Crippen molar-refractivity contribution in [2.75, 3.05) is 6.61 Å². The van der Waals surface area contributed by atoms with Gasteiger partial charge >= 0.3 is 0 Å². The van der Waals surface area contributed by atoms with E-state index in [9.17, 15) is 9.90 Å². The van der Waals surface area contributed by atoms with Gasteiger partial charge in [-0.15, -0.1) is 0 Å². The first-order valence-corrected chi connectivity index (χ1v) is 9.98. The fraction of sp³-hybridized carbons (Fsp3) is 0.682. The van der Waals surface area contributed by atoms with Gasteiger partial charge in [0, 0.05) is 12.2 Å². The van der Waals surface area contributed by atoms with Crippen LogP contribution in [0.3, 0.4) is 0 Å². The van der Waals surface area contributed by atoms with E-state index in [2.05, 4.69) is 45.2 Å². The monoisotopic (exact) mass is 361 g/mol. The molecule has 0 saturated carbocycles. The number of allylic oxidation sites excluding steroid dienone is 3. The molecule has 2 rings (SSSR count). The van der Waals surface area contributed by atoms with Gasteiger partial charge in [0.05, 0.1) is 6.10 Å². The van der Waals surface area contributed by atoms with Gasteiger partial charge in [0.2, 0.25) is 0 Å². The molecule has 0 spiro atoms. The van der Waals surface area contributed by atoms with E-state index in [0.29, 0.717) is 24.5 Å². The molecule has 0 aromatic rings. The Morgan fingerprint density at radius 2 is 2.19 bits per heavy atom. The number of nitrogens with one attached hydrogen (secondary N) is 1. The van der Waals surface area contributed by atoms with Crippen LogP contribution in [0, 0.1) is 11.8 Å². The fourth-order valence-electron chi connectivity index (χ4n) is 4.14. The van der Waals surface area contributed by atoms with Crippen molar-refractivity contribution < 1.29 is 14.6 Å². The highest BCUT2D eigenvalue weighted by Crippen LogP contribution is 2.39. The van der Waals surface area contributed by atoms with Crippen LogP contribution in [0.5, 0.6) is 0 Å². The lowest BCUT2D eigenvalue weighted by atomic mass is 9.78. The summed E-state index contributed by atoms with van der Waals surface area (Å²) in [6.07, 6.45) is 8.04. The Morgan fingerprint density at radius 1 is 1.46 bits per heavy atom. The maximum absolute atomic E-state index is 12.6. The van der Waals surface area contributed by atoms with Crippen LogP contribution in [0.4, 0.5) is 0 Å². The number of carbonyl (C=O) groups is 1. The number of aliphatic hydroxyl groups is 1. The van der Waals surface area contributed by atoms with Crippen molar-refractivity contribution in [3.63, 3.8) is 0 Å². The van der Waals surface area contributed by atoms with Crippen molar-refractivity contribution >= 4 is 5.91 Å². The lowest BCUT2D eigenvalue weighted by Gasteiger charge is -2.28. The van der Waals surface area contributed by atoms with E-state index in [4.69, 9.17) is 4.74 Å². The van der Waals surface area contributed by atoms with Gasteiger partial charge in [-0.3, -0.25) is 4.79 Å². The molecular weight excluding hydrogens is 326 g/mol. The molecule has 1 heterocycles. The first-order valence-electron chi connectivity index (χ1n) is 9.98. The molecule has 0 saturated heterocycles. The number of hydrogen-bond donors (Lipinski definition) is 2. The van der Waals surface area contributed by atoms with Crippen molar-refractivity contribution in [3.05, 3.63) is 34.4 Å². The summed E-state index contributed by atoms with van der Waals surface area (Å²) >= 11 is 0. The molecule has 4 atom stereocenters. The smallest absolute Gasteiger partial charge is 0.252 e. The Balaban J connectivity index is 2.37. The third-order valence-electron chi connectivity index (χ3n) is 5.60. The first-order chi connectivity index (χ1) is 12.3. The standard InChI is InChI=1S/C22H35NO3/c1-6-26-18-13-11-15(4)10-12-17(16(5)9-7-8-14(2)3)19-20(18)22(25)23-21(19)24/h8,11,16-18,21,24H,6-7,9-10,12-13H2,1-5H3,(H,23,25)/b15-11+/t16-,17+,18-,21+/m1/s1. The number of carbonyl (C=O) groups excluding carboxylic acids is 1. The van der Waals surface area contributed by atoms with Gasteiger partial charge in [0.25, 0.3) is 5.91 Å². The first kappa shape index (κ1) is 20.9. The van der Waals surface area contributed by atoms with Gasteiger partial charge < -0.3 is 15.2 Å². The Bertz CT molecular complexity index is 599. The minimum absolute atomic E-state index is 0.166. The normalized spacial score (nSPS) is 29.7. The van der Waals surface area contributed by atoms with Crippen LogP contribution in [-0.2, 0) is 9.53 Å². The molecule has 2 N–H and O–H groups in total. The van der Waals surface area contributed by atoms with Crippen molar-refractivity contribution in [2.24, 2.45) is 11.8 Å². The Kier molecular flexibility index (Phi) is 7.66. The summed E-state index contributed by atoms with van der Waals surface area (Å²) in [4.78, 5) is 12.6. The molecule has 0 fully saturated rings. The molecule has 1 aliphatic carbocycles. The van der Waals surface area contributed by atoms with Crippen LogP contribution in [0.2, 0.25) is 0 Å². The number of rotatable bonds is 6. The summed E-state index contributed by atoms with van der Waals surface area (Å²) in [6, 6.07) is 0. The number of ether oxygens (including phenoxy) is 1. The van der Waals surface area contributed by atoms with Gasteiger partial charge in [-0.1, -0.05) is 30.2 Å². The molecule has 4 nitrogen and oxygen atoms in total. The zero-order valence-corrected chi connectivity index (χ0v) is 17.0. The SMILES string of the molecule is CCO[C@@H]1C/C=C(\C)CC[C@@H]([C@H](C)CCC=C(C)C)C2=C1C(=O)N[C@H]2O. The zero-order chi connectivity index (χ0) is 19.3. The molecule has 0 aromatic heterocycles. The van der Waals surface area contributed by atoms with E-state index in [1.54, 1.807) is 0 Å². The second-order valence-corrected chi connectivity index (χ2v) is 7.96. The lowest BCUT2D eigenvalue weighted by molar-refractivity contribution is -0.119. The predicted octanol–water partition coefficient (Wildman–Crippen LogP) is 4.27. The van der Waals surface area contributed by atoms with E-state index in [-0.39, 0.29) is 17.9 Å². The number of amides is 1. The predicted molar refractivity (Wildman–Crippen MR) is 106 cm³/mol. The topological polar surface area (TPSA) is 58.6 Å². The second-order valence-electron chi connectivity index (χ2n) is 7.96.